The van der Waals surface area contributed by atoms with Crippen molar-refractivity contribution in [2.24, 2.45) is 24.3 Å². The van der Waals surface area contributed by atoms with Gasteiger partial charge in [0.15, 0.2) is 0 Å². The summed E-state index contributed by atoms with van der Waals surface area (Å²) in [4.78, 5) is 41.7. The number of fused-ring (bicyclic) bond motifs is 1. The lowest BCUT2D eigenvalue weighted by Crippen LogP contribution is -2.57. The van der Waals surface area contributed by atoms with E-state index in [0.717, 1.165) is 12.8 Å². The molecule has 3 aliphatic heterocycles. The average molecular weight is 486 g/mol. The van der Waals surface area contributed by atoms with E-state index in [9.17, 15) is 14.4 Å². The zero-order valence-electron chi connectivity index (χ0n) is 21.2. The number of nitrogens with zero attached hydrogens (tertiary/aromatic N) is 3. The molecule has 9 heteroatoms. The van der Waals surface area contributed by atoms with Gasteiger partial charge >= 0.3 is 0 Å². The van der Waals surface area contributed by atoms with Crippen molar-refractivity contribution < 1.29 is 19.1 Å². The summed E-state index contributed by atoms with van der Waals surface area (Å²) in [5, 5.41) is 10.4. The van der Waals surface area contributed by atoms with Crippen LogP contribution >= 0.6 is 0 Å². The summed E-state index contributed by atoms with van der Waals surface area (Å²) in [6, 6.07) is -0.510. The highest BCUT2D eigenvalue weighted by Crippen LogP contribution is 2.37. The van der Waals surface area contributed by atoms with Gasteiger partial charge in [0, 0.05) is 44.9 Å². The van der Waals surface area contributed by atoms with Gasteiger partial charge in [0.05, 0.1) is 23.8 Å². The van der Waals surface area contributed by atoms with Crippen molar-refractivity contribution in [1.29, 1.82) is 0 Å². The number of carbonyl (C=O) groups excluding carboxylic acids is 3. The lowest BCUT2D eigenvalue weighted by molar-refractivity contribution is -0.138. The molecule has 0 aliphatic carbocycles. The Morgan fingerprint density at radius 1 is 1.23 bits per heavy atom. The van der Waals surface area contributed by atoms with Gasteiger partial charge in [0.25, 0.3) is 5.91 Å². The number of hydrogen-bond acceptors (Lipinski definition) is 5. The number of hydrogen-bond donors (Lipinski definition) is 2. The molecular formula is C26H39N5O4. The van der Waals surface area contributed by atoms with Gasteiger partial charge in [-0.3, -0.25) is 19.1 Å². The third kappa shape index (κ3) is 5.94. The number of rotatable bonds is 3. The molecule has 4 rings (SSSR count). The minimum atomic E-state index is -0.639. The van der Waals surface area contributed by atoms with Crippen LogP contribution in [0.5, 0.6) is 0 Å². The van der Waals surface area contributed by atoms with E-state index in [0.29, 0.717) is 57.6 Å². The van der Waals surface area contributed by atoms with Crippen LogP contribution in [-0.4, -0.2) is 70.8 Å². The summed E-state index contributed by atoms with van der Waals surface area (Å²) in [6.07, 6.45) is 11.4. The van der Waals surface area contributed by atoms with E-state index in [1.165, 1.54) is 0 Å². The number of allylic oxidation sites excluding steroid dienone is 2. The molecule has 3 aliphatic rings. The first-order valence-electron chi connectivity index (χ1n) is 12.9. The first-order chi connectivity index (χ1) is 16.8. The molecule has 0 radical (unpaired) electrons. The maximum atomic E-state index is 13.7. The Morgan fingerprint density at radius 2 is 2.00 bits per heavy atom. The van der Waals surface area contributed by atoms with Crippen LogP contribution in [0.2, 0.25) is 0 Å². The van der Waals surface area contributed by atoms with Gasteiger partial charge in [0.2, 0.25) is 11.8 Å². The highest BCUT2D eigenvalue weighted by atomic mass is 16.5. The molecule has 2 saturated heterocycles. The Labute approximate surface area is 207 Å². The number of aromatic nitrogens is 2. The van der Waals surface area contributed by atoms with Crippen LogP contribution in [0.25, 0.3) is 0 Å². The molecule has 2 fully saturated rings. The van der Waals surface area contributed by atoms with E-state index in [4.69, 9.17) is 4.74 Å². The van der Waals surface area contributed by atoms with Gasteiger partial charge in [-0.2, -0.15) is 5.10 Å². The third-order valence-corrected chi connectivity index (χ3v) is 7.69. The van der Waals surface area contributed by atoms with Crippen LogP contribution in [0, 0.1) is 17.3 Å². The standard InChI is InChI=1S/C26H39N5O4/c1-18(2)14-22-23(32)28-21-7-13-35-17-19(21)6-4-5-8-26(25(34)29-22)9-11-31(12-10-26)24(33)20-15-27-30(3)16-20/h4-5,15-16,18-19,21-22H,6-14,17H2,1-3H3,(H,28,32)(H,29,34)/b5-4+/t19-,21+,22+/m0/s1. The Hall–Kier alpha value is -2.68. The predicted octanol–water partition coefficient (Wildman–Crippen LogP) is 2.04. The lowest BCUT2D eigenvalue weighted by atomic mass is 9.74. The molecule has 4 heterocycles. The normalized spacial score (nSPS) is 28.5. The molecule has 9 nitrogen and oxygen atoms in total. The molecule has 0 unspecified atom stereocenters. The second kappa shape index (κ2) is 10.9. The zero-order chi connectivity index (χ0) is 25.0. The Bertz CT molecular complexity index is 947. The zero-order valence-corrected chi connectivity index (χ0v) is 21.2. The van der Waals surface area contributed by atoms with E-state index in [-0.39, 0.29) is 35.6 Å². The van der Waals surface area contributed by atoms with E-state index < -0.39 is 11.5 Å². The molecule has 1 aromatic heterocycles. The number of nitrogens with one attached hydrogen (secondary N) is 2. The van der Waals surface area contributed by atoms with Crippen LogP contribution in [0.1, 0.15) is 62.7 Å². The van der Waals surface area contributed by atoms with Gasteiger partial charge in [-0.1, -0.05) is 26.0 Å². The monoisotopic (exact) mass is 485 g/mol. The van der Waals surface area contributed by atoms with Gasteiger partial charge in [-0.05, 0) is 44.4 Å². The van der Waals surface area contributed by atoms with Gasteiger partial charge < -0.3 is 20.3 Å². The number of aryl methyl sites for hydroxylation is 1. The predicted molar refractivity (Wildman–Crippen MR) is 131 cm³/mol. The molecule has 0 bridgehead atoms. The lowest BCUT2D eigenvalue weighted by Gasteiger charge is -2.41. The maximum Gasteiger partial charge on any atom is 0.257 e. The average Bonchev–Trinajstić information content (AvgIpc) is 3.27. The SMILES string of the molecule is CC(C)C[C@H]1NC(=O)C2(C/C=C/C[C@H]3COCC[C@H]3NC1=O)CCN(C(=O)c1cnn(C)c1)CC2. The summed E-state index contributed by atoms with van der Waals surface area (Å²) in [7, 11) is 1.79. The number of ether oxygens (including phenoxy) is 1. The fourth-order valence-corrected chi connectivity index (χ4v) is 5.47. The fourth-order valence-electron chi connectivity index (χ4n) is 5.47. The first kappa shape index (κ1) is 25.4. The van der Waals surface area contributed by atoms with Crippen molar-refractivity contribution in [3.8, 4) is 0 Å². The molecule has 35 heavy (non-hydrogen) atoms. The minimum absolute atomic E-state index is 0.0579. The second-order valence-corrected chi connectivity index (χ2v) is 10.8. The number of piperidine rings is 1. The van der Waals surface area contributed by atoms with Crippen LogP contribution in [0.15, 0.2) is 24.5 Å². The molecule has 3 amide bonds. The van der Waals surface area contributed by atoms with Crippen molar-refractivity contribution in [3.63, 3.8) is 0 Å². The summed E-state index contributed by atoms with van der Waals surface area (Å²) < 4.78 is 7.31. The molecule has 0 aromatic carbocycles. The van der Waals surface area contributed by atoms with E-state index >= 15 is 0 Å². The highest BCUT2D eigenvalue weighted by Gasteiger charge is 2.43. The Balaban J connectivity index is 1.53. The smallest absolute Gasteiger partial charge is 0.257 e. The van der Waals surface area contributed by atoms with Crippen LogP contribution in [0.3, 0.4) is 0 Å². The topological polar surface area (TPSA) is 106 Å². The quantitative estimate of drug-likeness (QED) is 0.638. The van der Waals surface area contributed by atoms with Crippen molar-refractivity contribution in [1.82, 2.24) is 25.3 Å². The maximum absolute atomic E-state index is 13.7. The van der Waals surface area contributed by atoms with E-state index in [1.807, 2.05) is 0 Å². The van der Waals surface area contributed by atoms with E-state index in [2.05, 4.69) is 41.7 Å². The van der Waals surface area contributed by atoms with E-state index in [1.54, 1.807) is 29.0 Å². The Morgan fingerprint density at radius 3 is 2.69 bits per heavy atom. The molecule has 0 saturated carbocycles. The summed E-state index contributed by atoms with van der Waals surface area (Å²) in [5.41, 5.74) is -0.0799. The van der Waals surface area contributed by atoms with Crippen LogP contribution < -0.4 is 10.6 Å². The van der Waals surface area contributed by atoms with Gasteiger partial charge in [-0.15, -0.1) is 0 Å². The second-order valence-electron chi connectivity index (χ2n) is 10.8. The molecule has 192 valence electrons. The van der Waals surface area contributed by atoms with Crippen LogP contribution in [-0.2, 0) is 21.4 Å². The Kier molecular flexibility index (Phi) is 7.94. The van der Waals surface area contributed by atoms with Crippen LogP contribution in [0.4, 0.5) is 0 Å². The number of likely N-dealkylation sites (tertiary alicyclic amines) is 1. The molecular weight excluding hydrogens is 446 g/mol. The summed E-state index contributed by atoms with van der Waals surface area (Å²) >= 11 is 0. The minimum Gasteiger partial charge on any atom is -0.381 e. The van der Waals surface area contributed by atoms with Crippen molar-refractivity contribution in [2.75, 3.05) is 26.3 Å². The number of carbonyl (C=O) groups is 3. The van der Waals surface area contributed by atoms with Gasteiger partial charge in [0.1, 0.15) is 6.04 Å². The summed E-state index contributed by atoms with van der Waals surface area (Å²) in [5.74, 6) is 0.249. The van der Waals surface area contributed by atoms with Crippen molar-refractivity contribution >= 4 is 17.7 Å². The molecule has 1 aromatic rings. The molecule has 3 atom stereocenters. The largest absolute Gasteiger partial charge is 0.381 e. The summed E-state index contributed by atoms with van der Waals surface area (Å²) in [6.45, 7) is 6.39. The van der Waals surface area contributed by atoms with Crippen molar-refractivity contribution in [2.45, 2.75) is 64.5 Å². The molecule has 1 spiro atoms. The van der Waals surface area contributed by atoms with Gasteiger partial charge in [-0.25, -0.2) is 0 Å². The molecule has 2 N–H and O–H groups in total. The first-order valence-corrected chi connectivity index (χ1v) is 12.9. The van der Waals surface area contributed by atoms with Crippen molar-refractivity contribution in [3.05, 3.63) is 30.1 Å². The highest BCUT2D eigenvalue weighted by molar-refractivity contribution is 5.94. The number of amides is 3. The third-order valence-electron chi connectivity index (χ3n) is 7.69. The fraction of sp³-hybridized carbons (Fsp3) is 0.692.